The van der Waals surface area contributed by atoms with Crippen molar-refractivity contribution in [2.24, 2.45) is 0 Å². The molecule has 1 aromatic heterocycles. The van der Waals surface area contributed by atoms with Gasteiger partial charge in [-0.05, 0) is 29.3 Å². The summed E-state index contributed by atoms with van der Waals surface area (Å²) in [6, 6.07) is 0. The first kappa shape index (κ1) is 13.7. The van der Waals surface area contributed by atoms with E-state index in [0.29, 0.717) is 42.1 Å². The highest BCUT2D eigenvalue weighted by Crippen LogP contribution is 2.23. The molecule has 0 aliphatic heterocycles. The summed E-state index contributed by atoms with van der Waals surface area (Å²) in [5, 5.41) is 3.07. The Labute approximate surface area is 108 Å². The van der Waals surface area contributed by atoms with Gasteiger partial charge in [-0.2, -0.15) is 0 Å². The first-order valence-electron chi connectivity index (χ1n) is 5.30. The molecule has 3 N–H and O–H groups in total. The van der Waals surface area contributed by atoms with Crippen LogP contribution in [-0.2, 0) is 9.53 Å². The number of nitrogens with two attached hydrogens (primary N) is 1. The lowest BCUT2D eigenvalue weighted by Crippen LogP contribution is -2.09. The van der Waals surface area contributed by atoms with Crippen LogP contribution in [0.5, 0.6) is 0 Å². The van der Waals surface area contributed by atoms with E-state index in [1.54, 1.807) is 6.92 Å². The highest BCUT2D eigenvalue weighted by Gasteiger charge is 2.05. The van der Waals surface area contributed by atoms with Crippen molar-refractivity contribution in [3.8, 4) is 0 Å². The van der Waals surface area contributed by atoms with E-state index in [1.165, 1.54) is 6.33 Å². The fourth-order valence-corrected chi connectivity index (χ4v) is 1.52. The molecule has 17 heavy (non-hydrogen) atoms. The van der Waals surface area contributed by atoms with Crippen molar-refractivity contribution in [2.45, 2.75) is 19.8 Å². The molecule has 1 heterocycles. The molecule has 0 fully saturated rings. The van der Waals surface area contributed by atoms with Gasteiger partial charge in [0.05, 0.1) is 6.61 Å². The third kappa shape index (κ3) is 4.56. The summed E-state index contributed by atoms with van der Waals surface area (Å²) in [4.78, 5) is 18.9. The molecule has 1 aromatic rings. The smallest absolute Gasteiger partial charge is 0.305 e. The van der Waals surface area contributed by atoms with Gasteiger partial charge in [0.1, 0.15) is 22.4 Å². The summed E-state index contributed by atoms with van der Waals surface area (Å²) < 4.78 is 5.45. The van der Waals surface area contributed by atoms with Crippen molar-refractivity contribution in [1.29, 1.82) is 0 Å². The normalized spacial score (nSPS) is 10.0. The fourth-order valence-electron chi connectivity index (χ4n) is 1.18. The van der Waals surface area contributed by atoms with E-state index in [0.717, 1.165) is 0 Å². The molecule has 7 heteroatoms. The van der Waals surface area contributed by atoms with E-state index in [1.807, 2.05) is 0 Å². The van der Waals surface area contributed by atoms with Crippen LogP contribution in [0, 0.1) is 0 Å². The largest absolute Gasteiger partial charge is 0.466 e. The molecule has 0 unspecified atom stereocenters. The zero-order valence-corrected chi connectivity index (χ0v) is 11.2. The number of nitrogens with one attached hydrogen (secondary N) is 1. The van der Waals surface area contributed by atoms with E-state index in [4.69, 9.17) is 10.5 Å². The minimum Gasteiger partial charge on any atom is -0.466 e. The Morgan fingerprint density at radius 1 is 1.59 bits per heavy atom. The molecular formula is C10H15BrN4O2. The average molecular weight is 303 g/mol. The summed E-state index contributed by atoms with van der Waals surface area (Å²) in [5.41, 5.74) is 5.60. The molecular weight excluding hydrogens is 288 g/mol. The van der Waals surface area contributed by atoms with Crippen molar-refractivity contribution in [3.63, 3.8) is 0 Å². The van der Waals surface area contributed by atoms with Gasteiger partial charge in [0, 0.05) is 13.0 Å². The monoisotopic (exact) mass is 302 g/mol. The molecule has 0 aliphatic rings. The second kappa shape index (κ2) is 7.05. The average Bonchev–Trinajstić information content (AvgIpc) is 2.30. The molecule has 0 atom stereocenters. The van der Waals surface area contributed by atoms with Gasteiger partial charge in [-0.3, -0.25) is 4.79 Å². The number of nitrogens with zero attached hydrogens (tertiary/aromatic N) is 2. The SMILES string of the molecule is CCOC(=O)CCCNc1ncnc(N)c1Br. The second-order valence-electron chi connectivity index (χ2n) is 3.26. The number of esters is 1. The lowest BCUT2D eigenvalue weighted by molar-refractivity contribution is -0.143. The van der Waals surface area contributed by atoms with E-state index >= 15 is 0 Å². The maximum Gasteiger partial charge on any atom is 0.305 e. The lowest BCUT2D eigenvalue weighted by atomic mass is 10.3. The highest BCUT2D eigenvalue weighted by atomic mass is 79.9. The Balaban J connectivity index is 2.31. The van der Waals surface area contributed by atoms with Crippen LogP contribution in [0.15, 0.2) is 10.8 Å². The number of carbonyl (C=O) groups excluding carboxylic acids is 1. The van der Waals surface area contributed by atoms with Crippen LogP contribution in [0.25, 0.3) is 0 Å². The fraction of sp³-hybridized carbons (Fsp3) is 0.500. The third-order valence-corrected chi connectivity index (χ3v) is 2.75. The van der Waals surface area contributed by atoms with Crippen LogP contribution < -0.4 is 11.1 Å². The van der Waals surface area contributed by atoms with Gasteiger partial charge in [-0.1, -0.05) is 0 Å². The number of hydrogen-bond donors (Lipinski definition) is 2. The van der Waals surface area contributed by atoms with E-state index in [9.17, 15) is 4.79 Å². The van der Waals surface area contributed by atoms with Gasteiger partial charge >= 0.3 is 5.97 Å². The van der Waals surface area contributed by atoms with Crippen molar-refractivity contribution >= 4 is 33.5 Å². The summed E-state index contributed by atoms with van der Waals surface area (Å²) in [6.07, 6.45) is 2.45. The molecule has 0 saturated carbocycles. The van der Waals surface area contributed by atoms with Crippen molar-refractivity contribution in [2.75, 3.05) is 24.2 Å². The van der Waals surface area contributed by atoms with Crippen LogP contribution in [0.2, 0.25) is 0 Å². The molecule has 1 rings (SSSR count). The second-order valence-corrected chi connectivity index (χ2v) is 4.05. The Hall–Kier alpha value is -1.37. The van der Waals surface area contributed by atoms with Gasteiger partial charge in [-0.25, -0.2) is 9.97 Å². The zero-order valence-electron chi connectivity index (χ0n) is 9.57. The Kier molecular flexibility index (Phi) is 5.68. The number of nitrogen functional groups attached to an aromatic ring is 1. The van der Waals surface area contributed by atoms with E-state index in [2.05, 4.69) is 31.2 Å². The number of aromatic nitrogens is 2. The molecule has 0 saturated heterocycles. The Bertz CT molecular complexity index is 387. The molecule has 0 spiro atoms. The first-order valence-corrected chi connectivity index (χ1v) is 6.10. The maximum absolute atomic E-state index is 11.1. The van der Waals surface area contributed by atoms with Crippen LogP contribution >= 0.6 is 15.9 Å². The molecule has 0 aromatic carbocycles. The maximum atomic E-state index is 11.1. The molecule has 6 nitrogen and oxygen atoms in total. The van der Waals surface area contributed by atoms with Gasteiger partial charge in [0.2, 0.25) is 0 Å². The van der Waals surface area contributed by atoms with Crippen LogP contribution in [-0.4, -0.2) is 29.1 Å². The van der Waals surface area contributed by atoms with Crippen molar-refractivity contribution < 1.29 is 9.53 Å². The van der Waals surface area contributed by atoms with E-state index in [-0.39, 0.29) is 5.97 Å². The minimum absolute atomic E-state index is 0.185. The Morgan fingerprint density at radius 3 is 3.06 bits per heavy atom. The summed E-state index contributed by atoms with van der Waals surface area (Å²) >= 11 is 3.28. The van der Waals surface area contributed by atoms with Crippen LogP contribution in [0.4, 0.5) is 11.6 Å². The number of rotatable bonds is 6. The topological polar surface area (TPSA) is 90.1 Å². The summed E-state index contributed by atoms with van der Waals surface area (Å²) in [6.45, 7) is 2.82. The van der Waals surface area contributed by atoms with E-state index < -0.39 is 0 Å². The third-order valence-electron chi connectivity index (χ3n) is 1.97. The van der Waals surface area contributed by atoms with Crippen molar-refractivity contribution in [3.05, 3.63) is 10.8 Å². The number of carbonyl (C=O) groups is 1. The van der Waals surface area contributed by atoms with Crippen LogP contribution in [0.1, 0.15) is 19.8 Å². The summed E-state index contributed by atoms with van der Waals surface area (Å²) in [5.74, 6) is 0.824. The highest BCUT2D eigenvalue weighted by molar-refractivity contribution is 9.10. The summed E-state index contributed by atoms with van der Waals surface area (Å²) in [7, 11) is 0. The minimum atomic E-state index is -0.185. The number of ether oxygens (including phenoxy) is 1. The zero-order chi connectivity index (χ0) is 12.7. The molecule has 0 bridgehead atoms. The quantitative estimate of drug-likeness (QED) is 0.612. The van der Waals surface area contributed by atoms with Gasteiger partial charge in [-0.15, -0.1) is 0 Å². The van der Waals surface area contributed by atoms with Crippen molar-refractivity contribution in [1.82, 2.24) is 9.97 Å². The first-order chi connectivity index (χ1) is 8.15. The van der Waals surface area contributed by atoms with Gasteiger partial charge in [0.15, 0.2) is 0 Å². The van der Waals surface area contributed by atoms with Crippen LogP contribution in [0.3, 0.4) is 0 Å². The standard InChI is InChI=1S/C10H15BrN4O2/c1-2-17-7(16)4-3-5-13-10-8(11)9(12)14-6-15-10/h6H,2-5H2,1H3,(H3,12,13,14,15). The Morgan fingerprint density at radius 2 is 2.35 bits per heavy atom. The molecule has 0 radical (unpaired) electrons. The number of hydrogen-bond acceptors (Lipinski definition) is 6. The molecule has 94 valence electrons. The predicted molar refractivity (Wildman–Crippen MR) is 68.5 cm³/mol. The molecule has 0 aliphatic carbocycles. The van der Waals surface area contributed by atoms with Gasteiger partial charge in [0.25, 0.3) is 0 Å². The lowest BCUT2D eigenvalue weighted by Gasteiger charge is -2.07. The van der Waals surface area contributed by atoms with Gasteiger partial charge < -0.3 is 15.8 Å². The number of anilines is 2. The number of halogens is 1. The molecule has 0 amide bonds. The predicted octanol–water partition coefficient (Wildman–Crippen LogP) is 1.58.